The van der Waals surface area contributed by atoms with Crippen LogP contribution >= 0.6 is 0 Å². The first-order valence-electron chi connectivity index (χ1n) is 11.4. The number of anilines is 1. The van der Waals surface area contributed by atoms with Crippen LogP contribution < -0.4 is 16.0 Å². The topological polar surface area (TPSA) is 56.4 Å². The molecule has 1 atom stereocenters. The molecular weight excluding hydrogens is 372 g/mol. The number of hydrogen-bond donors (Lipinski definition) is 3. The van der Waals surface area contributed by atoms with Gasteiger partial charge in [-0.05, 0) is 36.5 Å². The third kappa shape index (κ3) is 4.68. The fourth-order valence-electron chi connectivity index (χ4n) is 5.35. The number of benzene rings is 2. The van der Waals surface area contributed by atoms with Crippen LogP contribution in [0.1, 0.15) is 37.7 Å². The molecular formula is C25H34N4O. The average molecular weight is 407 g/mol. The van der Waals surface area contributed by atoms with Crippen LogP contribution in [0.2, 0.25) is 0 Å². The van der Waals surface area contributed by atoms with Gasteiger partial charge < -0.3 is 16.0 Å². The van der Waals surface area contributed by atoms with E-state index in [4.69, 9.17) is 0 Å². The zero-order valence-electron chi connectivity index (χ0n) is 17.8. The number of nitrogens with one attached hydrogen (secondary N) is 3. The third-order valence-electron chi connectivity index (χ3n) is 6.77. The zero-order valence-corrected chi connectivity index (χ0v) is 17.8. The Morgan fingerprint density at radius 3 is 2.43 bits per heavy atom. The van der Waals surface area contributed by atoms with Gasteiger partial charge in [-0.1, -0.05) is 67.8 Å². The smallest absolute Gasteiger partial charge is 0.319 e. The first kappa shape index (κ1) is 20.9. The molecule has 30 heavy (non-hydrogen) atoms. The van der Waals surface area contributed by atoms with Crippen molar-refractivity contribution in [3.05, 3.63) is 66.2 Å². The fraction of sp³-hybridized carbons (Fsp3) is 0.480. The number of para-hydroxylation sites is 1. The Balaban J connectivity index is 1.46. The maximum atomic E-state index is 12.3. The lowest BCUT2D eigenvalue weighted by atomic mass is 9.69. The molecule has 2 aliphatic rings. The van der Waals surface area contributed by atoms with Crippen LogP contribution in [-0.2, 0) is 5.54 Å². The maximum absolute atomic E-state index is 12.3. The molecule has 0 spiro atoms. The monoisotopic (exact) mass is 406 g/mol. The number of hydrogen-bond acceptors (Lipinski definition) is 3. The average Bonchev–Trinajstić information content (AvgIpc) is 2.81. The third-order valence-corrected chi connectivity index (χ3v) is 6.77. The number of carbonyl (C=O) groups excluding carboxylic acids is 1. The van der Waals surface area contributed by atoms with E-state index in [1.165, 1.54) is 37.7 Å². The molecule has 3 N–H and O–H groups in total. The van der Waals surface area contributed by atoms with Gasteiger partial charge in [0.25, 0.3) is 0 Å². The van der Waals surface area contributed by atoms with Gasteiger partial charge in [0.15, 0.2) is 0 Å². The molecule has 1 saturated heterocycles. The lowest BCUT2D eigenvalue weighted by Gasteiger charge is -2.53. The molecule has 0 bridgehead atoms. The largest absolute Gasteiger partial charge is 0.337 e. The standard InChI is InChI=1S/C25H34N4O/c30-24(28-23-14-8-3-9-15-23)27-17-19-29-18-16-26-20-25(29,21-10-4-1-5-11-21)22-12-6-2-7-13-22/h1,3-5,8-11,14-15,22,26H,2,6-7,12-13,16-20H2,(H2,27,28,30). The van der Waals surface area contributed by atoms with Gasteiger partial charge in [0.1, 0.15) is 0 Å². The minimum absolute atomic E-state index is 0.0114. The normalized spacial score (nSPS) is 23.1. The SMILES string of the molecule is O=C(NCCN1CCNCC1(c1ccccc1)C1CCCCC1)Nc1ccccc1. The Bertz CT molecular complexity index is 791. The van der Waals surface area contributed by atoms with Crippen molar-refractivity contribution in [2.75, 3.05) is 38.0 Å². The molecule has 4 rings (SSSR count). The predicted molar refractivity (Wildman–Crippen MR) is 123 cm³/mol. The summed E-state index contributed by atoms with van der Waals surface area (Å²) in [4.78, 5) is 15.0. The summed E-state index contributed by atoms with van der Waals surface area (Å²) in [7, 11) is 0. The number of urea groups is 1. The lowest BCUT2D eigenvalue weighted by molar-refractivity contribution is -0.00843. The van der Waals surface area contributed by atoms with Crippen molar-refractivity contribution < 1.29 is 4.79 Å². The van der Waals surface area contributed by atoms with Crippen LogP contribution in [-0.4, -0.2) is 43.7 Å². The van der Waals surface area contributed by atoms with Crippen molar-refractivity contribution in [1.82, 2.24) is 15.5 Å². The number of rotatable bonds is 6. The Labute approximate surface area is 180 Å². The number of nitrogens with zero attached hydrogens (tertiary/aromatic N) is 1. The van der Waals surface area contributed by atoms with E-state index < -0.39 is 0 Å². The molecule has 2 amide bonds. The minimum Gasteiger partial charge on any atom is -0.337 e. The van der Waals surface area contributed by atoms with E-state index in [1.54, 1.807) is 0 Å². The summed E-state index contributed by atoms with van der Waals surface area (Å²) in [5.74, 6) is 0.652. The highest BCUT2D eigenvalue weighted by molar-refractivity contribution is 5.89. The molecule has 5 nitrogen and oxygen atoms in total. The molecule has 2 aromatic rings. The highest BCUT2D eigenvalue weighted by Crippen LogP contribution is 2.44. The lowest BCUT2D eigenvalue weighted by Crippen LogP contribution is -2.63. The van der Waals surface area contributed by atoms with Gasteiger partial charge in [-0.2, -0.15) is 0 Å². The summed E-state index contributed by atoms with van der Waals surface area (Å²) in [6.45, 7) is 4.48. The summed E-state index contributed by atoms with van der Waals surface area (Å²) in [5, 5.41) is 9.66. The highest BCUT2D eigenvalue weighted by Gasteiger charge is 2.46. The van der Waals surface area contributed by atoms with Crippen molar-refractivity contribution in [1.29, 1.82) is 0 Å². The Morgan fingerprint density at radius 1 is 1.00 bits per heavy atom. The quantitative estimate of drug-likeness (QED) is 0.674. The molecule has 5 heteroatoms. The molecule has 1 aliphatic carbocycles. The molecule has 2 fully saturated rings. The van der Waals surface area contributed by atoms with Gasteiger partial charge in [0.05, 0.1) is 5.54 Å². The Kier molecular flexibility index (Phi) is 7.03. The predicted octanol–water partition coefficient (Wildman–Crippen LogP) is 4.19. The second-order valence-corrected chi connectivity index (χ2v) is 8.54. The van der Waals surface area contributed by atoms with Gasteiger partial charge in [-0.15, -0.1) is 0 Å². The summed E-state index contributed by atoms with van der Waals surface area (Å²) >= 11 is 0. The van der Waals surface area contributed by atoms with E-state index in [9.17, 15) is 4.79 Å². The first-order chi connectivity index (χ1) is 14.8. The molecule has 1 unspecified atom stereocenters. The van der Waals surface area contributed by atoms with E-state index in [0.717, 1.165) is 31.9 Å². The van der Waals surface area contributed by atoms with Crippen LogP contribution in [0, 0.1) is 5.92 Å². The second kappa shape index (κ2) is 10.1. The van der Waals surface area contributed by atoms with Gasteiger partial charge >= 0.3 is 6.03 Å². The number of piperazine rings is 1. The number of carbonyl (C=O) groups is 1. The zero-order chi connectivity index (χ0) is 20.7. The van der Waals surface area contributed by atoms with Gasteiger partial charge in [0.2, 0.25) is 0 Å². The minimum atomic E-state index is -0.140. The maximum Gasteiger partial charge on any atom is 0.319 e. The Hall–Kier alpha value is -2.37. The van der Waals surface area contributed by atoms with E-state index in [1.807, 2.05) is 30.3 Å². The fourth-order valence-corrected chi connectivity index (χ4v) is 5.35. The first-order valence-corrected chi connectivity index (χ1v) is 11.4. The van der Waals surface area contributed by atoms with Crippen molar-refractivity contribution >= 4 is 11.7 Å². The van der Waals surface area contributed by atoms with Crippen LogP contribution in [0.4, 0.5) is 10.5 Å². The second-order valence-electron chi connectivity index (χ2n) is 8.54. The summed E-state index contributed by atoms with van der Waals surface area (Å²) < 4.78 is 0. The van der Waals surface area contributed by atoms with Crippen molar-refractivity contribution in [3.8, 4) is 0 Å². The molecule has 1 saturated carbocycles. The number of amides is 2. The van der Waals surface area contributed by atoms with E-state index in [2.05, 4.69) is 51.2 Å². The summed E-state index contributed by atoms with van der Waals surface area (Å²) in [5.41, 5.74) is 2.24. The van der Waals surface area contributed by atoms with Crippen LogP contribution in [0.15, 0.2) is 60.7 Å². The van der Waals surface area contributed by atoms with E-state index in [0.29, 0.717) is 12.5 Å². The van der Waals surface area contributed by atoms with Crippen molar-refractivity contribution in [2.45, 2.75) is 37.6 Å². The highest BCUT2D eigenvalue weighted by atomic mass is 16.2. The van der Waals surface area contributed by atoms with Gasteiger partial charge in [-0.3, -0.25) is 4.90 Å². The summed E-state index contributed by atoms with van der Waals surface area (Å²) in [6.07, 6.45) is 6.58. The Morgan fingerprint density at radius 2 is 1.70 bits per heavy atom. The molecule has 0 radical (unpaired) electrons. The van der Waals surface area contributed by atoms with Crippen LogP contribution in [0.5, 0.6) is 0 Å². The molecule has 2 aromatic carbocycles. The molecule has 160 valence electrons. The molecule has 0 aromatic heterocycles. The van der Waals surface area contributed by atoms with Crippen molar-refractivity contribution in [2.24, 2.45) is 5.92 Å². The van der Waals surface area contributed by atoms with Crippen molar-refractivity contribution in [3.63, 3.8) is 0 Å². The van der Waals surface area contributed by atoms with E-state index >= 15 is 0 Å². The molecule has 1 heterocycles. The van der Waals surface area contributed by atoms with Crippen LogP contribution in [0.3, 0.4) is 0 Å². The summed E-state index contributed by atoms with van der Waals surface area (Å²) in [6, 6.07) is 20.5. The van der Waals surface area contributed by atoms with Gasteiger partial charge in [0, 0.05) is 38.4 Å². The van der Waals surface area contributed by atoms with Gasteiger partial charge in [-0.25, -0.2) is 4.79 Å². The van der Waals surface area contributed by atoms with E-state index in [-0.39, 0.29) is 11.6 Å². The molecule has 1 aliphatic heterocycles. The van der Waals surface area contributed by atoms with Crippen LogP contribution in [0.25, 0.3) is 0 Å².